The zero-order valence-electron chi connectivity index (χ0n) is 51.2. The Kier molecular flexibility index (Phi) is 62.7. The molecule has 6 heteroatoms. The molecule has 0 aliphatic heterocycles. The first-order chi connectivity index (χ1) is 38.0. The van der Waals surface area contributed by atoms with Crippen LogP contribution in [-0.2, 0) is 28.6 Å². The molecule has 0 saturated heterocycles. The average molecular weight is 1080 g/mol. The standard InChI is InChI=1S/C71H126O6/c1-4-7-10-13-16-19-22-25-28-31-33-35-37-40-43-46-49-52-55-58-61-64-70(73)76-67-68(66-75-69(72)63-60-57-54-51-48-45-42-39-30-27-24-21-18-15-12-9-6-3)77-71(74)65-62-59-56-53-50-47-44-41-38-36-34-32-29-26-23-20-17-14-11-8-5-2/h18,21-23,25-27,30-34,68H,4-17,19-20,24,28-29,35-67H2,1-3H3/b21-18-,25-22-,26-23-,30-27-,33-31-,34-32-. The van der Waals surface area contributed by atoms with Gasteiger partial charge in [-0.15, -0.1) is 0 Å². The fourth-order valence-electron chi connectivity index (χ4n) is 9.59. The van der Waals surface area contributed by atoms with Crippen LogP contribution in [0.2, 0.25) is 0 Å². The van der Waals surface area contributed by atoms with Gasteiger partial charge >= 0.3 is 17.9 Å². The van der Waals surface area contributed by atoms with Gasteiger partial charge in [0.1, 0.15) is 13.2 Å². The molecule has 0 aromatic heterocycles. The van der Waals surface area contributed by atoms with Crippen molar-refractivity contribution in [1.29, 1.82) is 0 Å². The molecule has 77 heavy (non-hydrogen) atoms. The summed E-state index contributed by atoms with van der Waals surface area (Å²) in [5, 5.41) is 0. The maximum atomic E-state index is 12.9. The Morgan fingerprint density at radius 1 is 0.260 bits per heavy atom. The van der Waals surface area contributed by atoms with E-state index in [2.05, 4.69) is 93.7 Å². The van der Waals surface area contributed by atoms with E-state index in [-0.39, 0.29) is 31.1 Å². The lowest BCUT2D eigenvalue weighted by atomic mass is 10.1. The third-order valence-corrected chi connectivity index (χ3v) is 14.7. The summed E-state index contributed by atoms with van der Waals surface area (Å²) in [6, 6.07) is 0. The predicted octanol–water partition coefficient (Wildman–Crippen LogP) is 22.9. The van der Waals surface area contributed by atoms with E-state index in [0.29, 0.717) is 19.3 Å². The monoisotopic (exact) mass is 1070 g/mol. The van der Waals surface area contributed by atoms with Crippen molar-refractivity contribution < 1.29 is 28.6 Å². The molecule has 0 N–H and O–H groups in total. The fourth-order valence-corrected chi connectivity index (χ4v) is 9.59. The SMILES string of the molecule is CCCCC/C=C\C/C=C\CCCCCCCCCC(=O)OCC(COC(=O)CCCCCCCCCCC/C=C\C/C=C\CCCCCCC)OC(=O)CCCCCCCCCCC/C=C\C/C=C\CCCCCCC. The van der Waals surface area contributed by atoms with Crippen molar-refractivity contribution in [1.82, 2.24) is 0 Å². The van der Waals surface area contributed by atoms with Crippen molar-refractivity contribution in [2.45, 2.75) is 348 Å². The number of hydrogen-bond donors (Lipinski definition) is 0. The molecule has 0 amide bonds. The molecule has 0 rings (SSSR count). The van der Waals surface area contributed by atoms with Crippen LogP contribution < -0.4 is 0 Å². The van der Waals surface area contributed by atoms with Crippen LogP contribution in [0.4, 0.5) is 0 Å². The van der Waals surface area contributed by atoms with Crippen LogP contribution in [0.15, 0.2) is 72.9 Å². The molecule has 0 aliphatic carbocycles. The van der Waals surface area contributed by atoms with Crippen molar-refractivity contribution >= 4 is 17.9 Å². The minimum atomic E-state index is -0.785. The van der Waals surface area contributed by atoms with Crippen molar-refractivity contribution in [2.24, 2.45) is 0 Å². The van der Waals surface area contributed by atoms with Crippen LogP contribution in [0, 0.1) is 0 Å². The lowest BCUT2D eigenvalue weighted by Crippen LogP contribution is -2.30. The van der Waals surface area contributed by atoms with E-state index in [4.69, 9.17) is 14.2 Å². The zero-order chi connectivity index (χ0) is 55.7. The number of esters is 3. The van der Waals surface area contributed by atoms with Crippen LogP contribution in [0.25, 0.3) is 0 Å². The largest absolute Gasteiger partial charge is 0.462 e. The van der Waals surface area contributed by atoms with Crippen LogP contribution >= 0.6 is 0 Å². The third kappa shape index (κ3) is 63.6. The van der Waals surface area contributed by atoms with Gasteiger partial charge in [0.2, 0.25) is 0 Å². The number of allylic oxidation sites excluding steroid dienone is 12. The lowest BCUT2D eigenvalue weighted by molar-refractivity contribution is -0.167. The Morgan fingerprint density at radius 2 is 0.468 bits per heavy atom. The first-order valence-corrected chi connectivity index (χ1v) is 33.4. The highest BCUT2D eigenvalue weighted by Gasteiger charge is 2.19. The Labute approximate surface area is 478 Å². The summed E-state index contributed by atoms with van der Waals surface area (Å²) in [5.41, 5.74) is 0. The number of hydrogen-bond acceptors (Lipinski definition) is 6. The second-order valence-electron chi connectivity index (χ2n) is 22.4. The maximum absolute atomic E-state index is 12.9. The van der Waals surface area contributed by atoms with E-state index in [0.717, 1.165) is 83.5 Å². The molecule has 446 valence electrons. The highest BCUT2D eigenvalue weighted by Crippen LogP contribution is 2.16. The van der Waals surface area contributed by atoms with Crippen LogP contribution in [0.3, 0.4) is 0 Å². The summed E-state index contributed by atoms with van der Waals surface area (Å²) in [6.45, 7) is 6.62. The van der Waals surface area contributed by atoms with Gasteiger partial charge in [-0.3, -0.25) is 14.4 Å². The van der Waals surface area contributed by atoms with Gasteiger partial charge in [0.25, 0.3) is 0 Å². The second kappa shape index (κ2) is 65.4. The van der Waals surface area contributed by atoms with Crippen molar-refractivity contribution in [3.05, 3.63) is 72.9 Å². The molecule has 0 aliphatic rings. The van der Waals surface area contributed by atoms with Gasteiger partial charge in [-0.05, 0) is 116 Å². The van der Waals surface area contributed by atoms with E-state index in [1.165, 1.54) is 218 Å². The first-order valence-electron chi connectivity index (χ1n) is 33.4. The van der Waals surface area contributed by atoms with E-state index in [9.17, 15) is 14.4 Å². The Morgan fingerprint density at radius 3 is 0.740 bits per heavy atom. The van der Waals surface area contributed by atoms with E-state index in [1.807, 2.05) is 0 Å². The zero-order valence-corrected chi connectivity index (χ0v) is 51.2. The second-order valence-corrected chi connectivity index (χ2v) is 22.4. The highest BCUT2D eigenvalue weighted by atomic mass is 16.6. The molecule has 0 saturated carbocycles. The lowest BCUT2D eigenvalue weighted by Gasteiger charge is -2.18. The molecule has 0 spiro atoms. The number of carbonyl (C=O) groups is 3. The summed E-state index contributed by atoms with van der Waals surface area (Å²) in [4.78, 5) is 38.4. The molecule has 1 atom stereocenters. The normalized spacial score (nSPS) is 12.5. The Bertz CT molecular complexity index is 1420. The quantitative estimate of drug-likeness (QED) is 0.0261. The summed E-state index contributed by atoms with van der Waals surface area (Å²) in [6.07, 6.45) is 84.7. The van der Waals surface area contributed by atoms with E-state index in [1.54, 1.807) is 0 Å². The number of unbranched alkanes of at least 4 members (excludes halogenated alkanes) is 38. The minimum Gasteiger partial charge on any atom is -0.462 e. The third-order valence-electron chi connectivity index (χ3n) is 14.7. The van der Waals surface area contributed by atoms with Gasteiger partial charge in [-0.25, -0.2) is 0 Å². The van der Waals surface area contributed by atoms with Crippen LogP contribution in [0.1, 0.15) is 342 Å². The Balaban J connectivity index is 4.38. The molecule has 0 radical (unpaired) electrons. The van der Waals surface area contributed by atoms with Gasteiger partial charge in [-0.2, -0.15) is 0 Å². The van der Waals surface area contributed by atoms with Crippen molar-refractivity contribution in [2.75, 3.05) is 13.2 Å². The average Bonchev–Trinajstić information content (AvgIpc) is 3.43. The molecular formula is C71H126O6. The first kappa shape index (κ1) is 73.8. The van der Waals surface area contributed by atoms with Crippen LogP contribution in [0.5, 0.6) is 0 Å². The smallest absolute Gasteiger partial charge is 0.306 e. The maximum Gasteiger partial charge on any atom is 0.306 e. The molecule has 0 aromatic carbocycles. The van der Waals surface area contributed by atoms with Gasteiger partial charge in [0, 0.05) is 19.3 Å². The summed E-state index contributed by atoms with van der Waals surface area (Å²) < 4.78 is 17.0. The summed E-state index contributed by atoms with van der Waals surface area (Å²) in [5.74, 6) is -0.880. The molecule has 0 bridgehead atoms. The summed E-state index contributed by atoms with van der Waals surface area (Å²) >= 11 is 0. The molecule has 6 nitrogen and oxygen atoms in total. The molecule has 0 heterocycles. The summed E-state index contributed by atoms with van der Waals surface area (Å²) in [7, 11) is 0. The van der Waals surface area contributed by atoms with E-state index >= 15 is 0 Å². The highest BCUT2D eigenvalue weighted by molar-refractivity contribution is 5.71. The minimum absolute atomic E-state index is 0.0805. The van der Waals surface area contributed by atoms with Gasteiger partial charge in [-0.1, -0.05) is 280 Å². The van der Waals surface area contributed by atoms with Crippen LogP contribution in [-0.4, -0.2) is 37.2 Å². The predicted molar refractivity (Wildman–Crippen MR) is 335 cm³/mol. The topological polar surface area (TPSA) is 78.9 Å². The number of carbonyl (C=O) groups excluding carboxylic acids is 3. The van der Waals surface area contributed by atoms with Gasteiger partial charge < -0.3 is 14.2 Å². The van der Waals surface area contributed by atoms with Gasteiger partial charge in [0.15, 0.2) is 6.10 Å². The van der Waals surface area contributed by atoms with Crippen molar-refractivity contribution in [3.8, 4) is 0 Å². The Hall–Kier alpha value is -3.15. The van der Waals surface area contributed by atoms with Crippen molar-refractivity contribution in [3.63, 3.8) is 0 Å². The number of rotatable bonds is 61. The number of ether oxygens (including phenoxy) is 3. The van der Waals surface area contributed by atoms with Gasteiger partial charge in [0.05, 0.1) is 0 Å². The molecule has 1 unspecified atom stereocenters. The molecule has 0 aromatic rings. The molecule has 0 fully saturated rings. The van der Waals surface area contributed by atoms with E-state index < -0.39 is 6.10 Å². The molecular weight excluding hydrogens is 949 g/mol. The fraction of sp³-hybridized carbons (Fsp3) is 0.789.